The average molecular weight is 484 g/mol. The average Bonchev–Trinajstić information content (AvgIpc) is 2.79. The highest BCUT2D eigenvalue weighted by Gasteiger charge is 2.11. The van der Waals surface area contributed by atoms with Crippen molar-refractivity contribution in [3.8, 4) is 5.75 Å². The summed E-state index contributed by atoms with van der Waals surface area (Å²) in [7, 11) is 0. The fourth-order valence-electron chi connectivity index (χ4n) is 3.02. The summed E-state index contributed by atoms with van der Waals surface area (Å²) in [6.07, 6.45) is 1.89. The largest absolute Gasteiger partial charge is 0.488 e. The Labute approximate surface area is 202 Å². The molecule has 3 aromatic carbocycles. The van der Waals surface area contributed by atoms with Crippen LogP contribution in [0.15, 0.2) is 71.8 Å². The number of hydrazone groups is 1. The Morgan fingerprint density at radius 2 is 1.73 bits per heavy atom. The van der Waals surface area contributed by atoms with E-state index in [4.69, 9.17) is 27.9 Å². The molecular formula is C25H23Cl2N3O3. The minimum absolute atomic E-state index is 0.243. The first-order valence-corrected chi connectivity index (χ1v) is 11.1. The smallest absolute Gasteiger partial charge is 0.249 e. The highest BCUT2D eigenvalue weighted by atomic mass is 35.5. The fourth-order valence-corrected chi connectivity index (χ4v) is 3.48. The number of nitrogens with zero attached hydrogens (tertiary/aromatic N) is 1. The van der Waals surface area contributed by atoms with E-state index < -0.39 is 11.8 Å². The Morgan fingerprint density at radius 3 is 2.52 bits per heavy atom. The van der Waals surface area contributed by atoms with Gasteiger partial charge in [0, 0.05) is 26.9 Å². The minimum atomic E-state index is -0.524. The normalized spacial score (nSPS) is 10.8. The van der Waals surface area contributed by atoms with E-state index in [9.17, 15) is 9.59 Å². The van der Waals surface area contributed by atoms with E-state index in [1.807, 2.05) is 37.3 Å². The van der Waals surface area contributed by atoms with Crippen molar-refractivity contribution in [3.63, 3.8) is 0 Å². The Morgan fingerprint density at radius 1 is 0.970 bits per heavy atom. The number of benzene rings is 3. The predicted molar refractivity (Wildman–Crippen MR) is 132 cm³/mol. The molecule has 0 aliphatic rings. The molecule has 0 fully saturated rings. The van der Waals surface area contributed by atoms with Gasteiger partial charge in [-0.1, -0.05) is 66.5 Å². The van der Waals surface area contributed by atoms with Gasteiger partial charge < -0.3 is 10.1 Å². The van der Waals surface area contributed by atoms with E-state index >= 15 is 0 Å². The molecule has 0 unspecified atom stereocenters. The summed E-state index contributed by atoms with van der Waals surface area (Å²) in [4.78, 5) is 24.3. The molecule has 0 spiro atoms. The van der Waals surface area contributed by atoms with Crippen molar-refractivity contribution in [3.05, 3.63) is 93.5 Å². The maximum absolute atomic E-state index is 12.2. The Bertz CT molecular complexity index is 1170. The van der Waals surface area contributed by atoms with Crippen LogP contribution < -0.4 is 15.5 Å². The number of amides is 2. The van der Waals surface area contributed by atoms with Crippen molar-refractivity contribution in [1.82, 2.24) is 5.43 Å². The zero-order valence-corrected chi connectivity index (χ0v) is 19.5. The number of hydrogen-bond donors (Lipinski definition) is 2. The van der Waals surface area contributed by atoms with Crippen LogP contribution in [0.25, 0.3) is 0 Å². The second kappa shape index (κ2) is 12.0. The van der Waals surface area contributed by atoms with Crippen molar-refractivity contribution in [2.24, 2.45) is 5.10 Å². The summed E-state index contributed by atoms with van der Waals surface area (Å²) in [5.74, 6) is -0.369. The lowest BCUT2D eigenvalue weighted by Crippen LogP contribution is -2.25. The molecule has 0 radical (unpaired) electrons. The lowest BCUT2D eigenvalue weighted by molar-refractivity contribution is -0.126. The molecule has 0 aliphatic heterocycles. The van der Waals surface area contributed by atoms with Gasteiger partial charge in [0.05, 0.1) is 6.21 Å². The van der Waals surface area contributed by atoms with Gasteiger partial charge in [-0.2, -0.15) is 5.10 Å². The number of nitrogens with one attached hydrogen (secondary N) is 2. The molecule has 0 aromatic heterocycles. The monoisotopic (exact) mass is 483 g/mol. The lowest BCUT2D eigenvalue weighted by Gasteiger charge is -2.10. The van der Waals surface area contributed by atoms with Crippen LogP contribution in [0.1, 0.15) is 30.0 Å². The highest BCUT2D eigenvalue weighted by Crippen LogP contribution is 2.24. The van der Waals surface area contributed by atoms with Gasteiger partial charge >= 0.3 is 0 Å². The van der Waals surface area contributed by atoms with Crippen LogP contribution in [-0.2, 0) is 22.6 Å². The Kier molecular flexibility index (Phi) is 8.87. The molecule has 0 aliphatic carbocycles. The molecule has 0 saturated carbocycles. The number of para-hydroxylation sites is 2. The van der Waals surface area contributed by atoms with E-state index in [2.05, 4.69) is 15.8 Å². The van der Waals surface area contributed by atoms with Crippen LogP contribution in [0.5, 0.6) is 5.75 Å². The quantitative estimate of drug-likeness (QED) is 0.235. The molecule has 0 heterocycles. The first-order valence-electron chi connectivity index (χ1n) is 10.3. The van der Waals surface area contributed by atoms with Gasteiger partial charge in [0.2, 0.25) is 11.8 Å². The van der Waals surface area contributed by atoms with E-state index in [1.165, 1.54) is 6.21 Å². The van der Waals surface area contributed by atoms with Crippen molar-refractivity contribution in [1.29, 1.82) is 0 Å². The molecule has 33 heavy (non-hydrogen) atoms. The van der Waals surface area contributed by atoms with E-state index in [1.54, 1.807) is 36.4 Å². The third-order valence-electron chi connectivity index (χ3n) is 4.70. The Hall–Kier alpha value is -3.35. The maximum atomic E-state index is 12.2. The van der Waals surface area contributed by atoms with Crippen molar-refractivity contribution < 1.29 is 14.3 Å². The number of carbonyl (C=O) groups excluding carboxylic acids is 2. The summed E-state index contributed by atoms with van der Waals surface area (Å²) < 4.78 is 5.86. The molecule has 3 aromatic rings. The van der Waals surface area contributed by atoms with E-state index in [0.29, 0.717) is 27.0 Å². The van der Waals surface area contributed by atoms with Gasteiger partial charge in [-0.25, -0.2) is 5.43 Å². The van der Waals surface area contributed by atoms with Crippen molar-refractivity contribution >= 4 is 46.9 Å². The van der Waals surface area contributed by atoms with Crippen LogP contribution in [0.4, 0.5) is 5.69 Å². The molecule has 6 nitrogen and oxygen atoms in total. The van der Waals surface area contributed by atoms with Gasteiger partial charge in [0.25, 0.3) is 0 Å². The summed E-state index contributed by atoms with van der Waals surface area (Å²) in [5.41, 5.74) is 5.52. The lowest BCUT2D eigenvalue weighted by atomic mass is 10.1. The van der Waals surface area contributed by atoms with Crippen LogP contribution >= 0.6 is 23.2 Å². The molecular weight excluding hydrogens is 461 g/mol. The number of rotatable bonds is 9. The van der Waals surface area contributed by atoms with Gasteiger partial charge in [0.1, 0.15) is 18.8 Å². The predicted octanol–water partition coefficient (Wildman–Crippen LogP) is 5.61. The number of ether oxygens (including phenoxy) is 1. The number of carbonyl (C=O) groups is 2. The zero-order valence-electron chi connectivity index (χ0n) is 18.0. The van der Waals surface area contributed by atoms with E-state index in [-0.39, 0.29) is 13.0 Å². The molecule has 0 saturated heterocycles. The van der Waals surface area contributed by atoms with Gasteiger partial charge in [-0.05, 0) is 42.3 Å². The second-order valence-electron chi connectivity index (χ2n) is 7.09. The van der Waals surface area contributed by atoms with Crippen molar-refractivity contribution in [2.45, 2.75) is 26.4 Å². The fraction of sp³-hybridized carbons (Fsp3) is 0.160. The summed E-state index contributed by atoms with van der Waals surface area (Å²) >= 11 is 12.1. The first-order chi connectivity index (χ1) is 16.0. The van der Waals surface area contributed by atoms with Crippen molar-refractivity contribution in [2.75, 3.05) is 5.32 Å². The van der Waals surface area contributed by atoms with Crippen LogP contribution in [0.3, 0.4) is 0 Å². The first kappa shape index (κ1) is 24.3. The van der Waals surface area contributed by atoms with Gasteiger partial charge in [-0.3, -0.25) is 9.59 Å². The summed E-state index contributed by atoms with van der Waals surface area (Å²) in [6.45, 7) is 2.24. The Balaban J connectivity index is 1.54. The molecule has 3 rings (SSSR count). The minimum Gasteiger partial charge on any atom is -0.488 e. The third kappa shape index (κ3) is 7.34. The molecule has 2 N–H and O–H groups in total. The van der Waals surface area contributed by atoms with Crippen LogP contribution in [0.2, 0.25) is 10.0 Å². The number of anilines is 1. The van der Waals surface area contributed by atoms with Gasteiger partial charge in [-0.15, -0.1) is 0 Å². The standard InChI is InChI=1S/C25H23Cl2N3O3/c1-2-17-7-3-5-9-22(17)29-24(31)14-25(32)30-28-15-18-8-4-6-10-23(18)33-16-19-11-12-20(26)13-21(19)27/h3-13,15H,2,14,16H2,1H3,(H,29,31)(H,30,32). The molecule has 0 bridgehead atoms. The summed E-state index contributed by atoms with van der Waals surface area (Å²) in [6, 6.07) is 19.9. The highest BCUT2D eigenvalue weighted by molar-refractivity contribution is 6.35. The topological polar surface area (TPSA) is 79.8 Å². The SMILES string of the molecule is CCc1ccccc1NC(=O)CC(=O)NN=Cc1ccccc1OCc1ccc(Cl)cc1Cl. The number of aryl methyl sites for hydroxylation is 1. The molecule has 2 amide bonds. The summed E-state index contributed by atoms with van der Waals surface area (Å²) in [5, 5.41) is 7.78. The van der Waals surface area contributed by atoms with Crippen LogP contribution in [-0.4, -0.2) is 18.0 Å². The van der Waals surface area contributed by atoms with Crippen LogP contribution in [0, 0.1) is 0 Å². The number of halogens is 2. The molecule has 0 atom stereocenters. The third-order valence-corrected chi connectivity index (χ3v) is 5.29. The molecule has 8 heteroatoms. The van der Waals surface area contributed by atoms with E-state index in [0.717, 1.165) is 17.5 Å². The van der Waals surface area contributed by atoms with Gasteiger partial charge in [0.15, 0.2) is 0 Å². The second-order valence-corrected chi connectivity index (χ2v) is 7.93. The number of hydrogen-bond acceptors (Lipinski definition) is 4. The molecule has 170 valence electrons. The maximum Gasteiger partial charge on any atom is 0.249 e. The zero-order chi connectivity index (χ0) is 23.6.